The normalized spacial score (nSPS) is 9.17. The summed E-state index contributed by atoms with van der Waals surface area (Å²) in [5, 5.41) is 2.68. The van der Waals surface area contributed by atoms with Gasteiger partial charge in [0, 0.05) is 0 Å². The minimum atomic E-state index is 1.15. The Morgan fingerprint density at radius 3 is 1.83 bits per heavy atom. The van der Waals surface area contributed by atoms with Gasteiger partial charge in [-0.2, -0.15) is 0 Å². The summed E-state index contributed by atoms with van der Waals surface area (Å²) in [7, 11) is 0. The lowest BCUT2D eigenvalue weighted by Gasteiger charge is -2.03. The van der Waals surface area contributed by atoms with Crippen LogP contribution in [0.15, 0.2) is 73.8 Å². The molecule has 3 aromatic carbocycles. The number of fused-ring (bicyclic) bond motifs is 1. The number of benzene rings is 3. The maximum absolute atomic E-state index is 3.75. The Balaban J connectivity index is 0.000000218. The molecule has 0 nitrogen and oxygen atoms in total. The molecule has 24 heavy (non-hydrogen) atoms. The van der Waals surface area contributed by atoms with Gasteiger partial charge in [0.05, 0.1) is 0 Å². The molecule has 0 aliphatic heterocycles. The van der Waals surface area contributed by atoms with Crippen LogP contribution >= 0.6 is 0 Å². The molecule has 0 heterocycles. The lowest BCUT2D eigenvalue weighted by atomic mass is 10.0. The third kappa shape index (κ3) is 4.96. The predicted octanol–water partition coefficient (Wildman–Crippen LogP) is 7.46. The molecule has 0 heteroatoms. The van der Waals surface area contributed by atoms with Gasteiger partial charge >= 0.3 is 0 Å². The summed E-state index contributed by atoms with van der Waals surface area (Å²) < 4.78 is 0. The monoisotopic (exact) mass is 316 g/mol. The van der Waals surface area contributed by atoms with Gasteiger partial charge < -0.3 is 0 Å². The molecule has 124 valence electrons. The van der Waals surface area contributed by atoms with Crippen molar-refractivity contribution in [3.05, 3.63) is 96.1 Å². The Labute approximate surface area is 147 Å². The fourth-order valence-corrected chi connectivity index (χ4v) is 2.55. The van der Waals surface area contributed by atoms with Crippen LogP contribution in [0.25, 0.3) is 22.9 Å². The summed E-state index contributed by atoms with van der Waals surface area (Å²) in [5.74, 6) is 0. The fraction of sp³-hybridized carbons (Fsp3) is 0.167. The van der Waals surface area contributed by atoms with Crippen LogP contribution < -0.4 is 0 Å². The average molecular weight is 316 g/mol. The predicted molar refractivity (Wildman–Crippen MR) is 111 cm³/mol. The number of rotatable bonds is 2. The van der Waals surface area contributed by atoms with Gasteiger partial charge in [0.15, 0.2) is 0 Å². The molecule has 0 N–H and O–H groups in total. The van der Waals surface area contributed by atoms with E-state index in [-0.39, 0.29) is 0 Å². The van der Waals surface area contributed by atoms with Gasteiger partial charge in [0.25, 0.3) is 0 Å². The first kappa shape index (κ1) is 19.4. The van der Waals surface area contributed by atoms with E-state index in [1.165, 1.54) is 27.5 Å². The average Bonchev–Trinajstić information content (AvgIpc) is 2.64. The van der Waals surface area contributed by atoms with Crippen LogP contribution in [0.3, 0.4) is 0 Å². The van der Waals surface area contributed by atoms with Crippen LogP contribution in [0.1, 0.15) is 36.1 Å². The third-order valence-corrected chi connectivity index (χ3v) is 3.79. The Kier molecular flexibility index (Phi) is 8.29. The smallest absolute Gasteiger partial charge is 0.0155 e. The van der Waals surface area contributed by atoms with Crippen LogP contribution in [0.4, 0.5) is 0 Å². The molecule has 3 rings (SSSR count). The van der Waals surface area contributed by atoms with E-state index in [0.717, 1.165) is 5.56 Å². The van der Waals surface area contributed by atoms with Crippen molar-refractivity contribution >= 4 is 22.9 Å². The third-order valence-electron chi connectivity index (χ3n) is 3.79. The molecule has 0 saturated heterocycles. The SMILES string of the molecule is C=Cc1cccc(C)c1C=C.CC.Cc1cccc2ccccc12. The van der Waals surface area contributed by atoms with E-state index in [0.29, 0.717) is 0 Å². The molecule has 0 bridgehead atoms. The topological polar surface area (TPSA) is 0 Å². The van der Waals surface area contributed by atoms with Crippen molar-refractivity contribution in [2.45, 2.75) is 27.7 Å². The summed E-state index contributed by atoms with van der Waals surface area (Å²) in [5.41, 5.74) is 4.93. The first-order valence-electron chi connectivity index (χ1n) is 8.46. The fourth-order valence-electron chi connectivity index (χ4n) is 2.55. The van der Waals surface area contributed by atoms with Crippen molar-refractivity contribution in [3.63, 3.8) is 0 Å². The molecule has 0 aromatic heterocycles. The Morgan fingerprint density at radius 1 is 0.667 bits per heavy atom. The zero-order valence-electron chi connectivity index (χ0n) is 15.3. The van der Waals surface area contributed by atoms with Crippen LogP contribution in [0.2, 0.25) is 0 Å². The first-order chi connectivity index (χ1) is 11.7. The summed E-state index contributed by atoms with van der Waals surface area (Å²) >= 11 is 0. The lowest BCUT2D eigenvalue weighted by molar-refractivity contribution is 1.43. The molecule has 0 unspecified atom stereocenters. The summed E-state index contributed by atoms with van der Waals surface area (Å²) in [4.78, 5) is 0. The molecule has 0 radical (unpaired) electrons. The molecular weight excluding hydrogens is 288 g/mol. The van der Waals surface area contributed by atoms with Gasteiger partial charge in [0.2, 0.25) is 0 Å². The molecule has 0 spiro atoms. The van der Waals surface area contributed by atoms with Gasteiger partial charge in [-0.15, -0.1) is 0 Å². The van der Waals surface area contributed by atoms with Gasteiger partial charge in [-0.3, -0.25) is 0 Å². The molecule has 0 saturated carbocycles. The largest absolute Gasteiger partial charge is 0.0984 e. The van der Waals surface area contributed by atoms with E-state index in [9.17, 15) is 0 Å². The summed E-state index contributed by atoms with van der Waals surface area (Å²) in [6, 6.07) is 21.0. The highest BCUT2D eigenvalue weighted by Gasteiger charge is 1.96. The molecule has 0 fully saturated rings. The Bertz CT molecular complexity index is 789. The van der Waals surface area contributed by atoms with E-state index in [2.05, 4.69) is 75.5 Å². The van der Waals surface area contributed by atoms with E-state index in [1.54, 1.807) is 0 Å². The van der Waals surface area contributed by atoms with Gasteiger partial charge in [-0.05, 0) is 46.9 Å². The Morgan fingerprint density at radius 2 is 1.25 bits per heavy atom. The quantitative estimate of drug-likeness (QED) is 0.460. The molecular formula is C24H28. The second-order valence-electron chi connectivity index (χ2n) is 5.28. The van der Waals surface area contributed by atoms with Crippen molar-refractivity contribution < 1.29 is 0 Å². The van der Waals surface area contributed by atoms with Crippen LogP contribution in [-0.2, 0) is 0 Å². The van der Waals surface area contributed by atoms with Crippen LogP contribution in [0, 0.1) is 13.8 Å². The number of hydrogen-bond acceptors (Lipinski definition) is 0. The molecule has 0 aliphatic carbocycles. The highest BCUT2D eigenvalue weighted by atomic mass is 14.0. The van der Waals surface area contributed by atoms with Gasteiger partial charge in [0.1, 0.15) is 0 Å². The summed E-state index contributed by atoms with van der Waals surface area (Å²) in [6.45, 7) is 15.7. The van der Waals surface area contributed by atoms with E-state index in [4.69, 9.17) is 0 Å². The number of hydrogen-bond donors (Lipinski definition) is 0. The molecule has 0 atom stereocenters. The molecule has 3 aromatic rings. The van der Waals surface area contributed by atoms with Crippen molar-refractivity contribution in [2.75, 3.05) is 0 Å². The second-order valence-corrected chi connectivity index (χ2v) is 5.28. The van der Waals surface area contributed by atoms with Gasteiger partial charge in [-0.1, -0.05) is 99.8 Å². The number of aryl methyl sites for hydroxylation is 2. The highest BCUT2D eigenvalue weighted by Crippen LogP contribution is 2.17. The maximum Gasteiger partial charge on any atom is -0.0155 e. The lowest BCUT2D eigenvalue weighted by Crippen LogP contribution is -1.83. The van der Waals surface area contributed by atoms with Crippen molar-refractivity contribution in [1.29, 1.82) is 0 Å². The zero-order valence-corrected chi connectivity index (χ0v) is 15.3. The zero-order chi connectivity index (χ0) is 17.9. The minimum absolute atomic E-state index is 1.15. The first-order valence-corrected chi connectivity index (χ1v) is 8.46. The Hall–Kier alpha value is -2.60. The highest BCUT2D eigenvalue weighted by molar-refractivity contribution is 5.85. The van der Waals surface area contributed by atoms with Crippen LogP contribution in [0.5, 0.6) is 0 Å². The summed E-state index contributed by atoms with van der Waals surface area (Å²) in [6.07, 6.45) is 3.72. The van der Waals surface area contributed by atoms with E-state index < -0.39 is 0 Å². The standard InChI is InChI=1S/C11H10.C11H12.C2H6/c1-9-5-4-7-10-6-2-3-8-11(9)10;1-4-10-8-6-7-9(3)11(10)5-2;1-2/h2-8H,1H3;4-8H,1-2H2,3H3;1-2H3. The minimum Gasteiger partial charge on any atom is -0.0984 e. The second kappa shape index (κ2) is 10.2. The molecule has 0 aliphatic rings. The van der Waals surface area contributed by atoms with Crippen LogP contribution in [-0.4, -0.2) is 0 Å². The van der Waals surface area contributed by atoms with Crippen molar-refractivity contribution in [3.8, 4) is 0 Å². The van der Waals surface area contributed by atoms with Gasteiger partial charge in [-0.25, -0.2) is 0 Å². The van der Waals surface area contributed by atoms with Crippen molar-refractivity contribution in [2.24, 2.45) is 0 Å². The van der Waals surface area contributed by atoms with E-state index >= 15 is 0 Å². The maximum atomic E-state index is 3.75. The van der Waals surface area contributed by atoms with Crippen molar-refractivity contribution in [1.82, 2.24) is 0 Å². The molecule has 0 amide bonds. The van der Waals surface area contributed by atoms with E-state index in [1.807, 2.05) is 38.1 Å².